The van der Waals surface area contributed by atoms with Crippen LogP contribution in [0.15, 0.2) is 12.1 Å². The number of halogens is 3. The molecule has 0 radical (unpaired) electrons. The summed E-state index contributed by atoms with van der Waals surface area (Å²) in [5, 5.41) is 9.52. The van der Waals surface area contributed by atoms with E-state index in [9.17, 15) is 18.3 Å². The van der Waals surface area contributed by atoms with Crippen molar-refractivity contribution in [3.63, 3.8) is 0 Å². The van der Waals surface area contributed by atoms with Gasteiger partial charge in [0.2, 0.25) is 0 Å². The van der Waals surface area contributed by atoms with Crippen molar-refractivity contribution < 1.29 is 18.3 Å². The number of aliphatic hydroxyl groups is 1. The quantitative estimate of drug-likeness (QED) is 0.765. The minimum absolute atomic E-state index is 0.258. The molecule has 0 fully saturated rings. The van der Waals surface area contributed by atoms with Gasteiger partial charge in [0.25, 0.3) is 6.43 Å². The molecule has 1 aromatic carbocycles. The molecule has 1 aliphatic carbocycles. The first-order chi connectivity index (χ1) is 7.00. The Kier molecular flexibility index (Phi) is 2.46. The van der Waals surface area contributed by atoms with Gasteiger partial charge in [-0.25, -0.2) is 13.2 Å². The molecule has 0 unspecified atom stereocenters. The summed E-state index contributed by atoms with van der Waals surface area (Å²) in [6, 6.07) is 2.15. The lowest BCUT2D eigenvalue weighted by molar-refractivity contribution is 0.150. The van der Waals surface area contributed by atoms with Crippen LogP contribution in [0, 0.1) is 5.82 Å². The monoisotopic (exact) mass is 216 g/mol. The van der Waals surface area contributed by atoms with E-state index < -0.39 is 18.3 Å². The highest BCUT2D eigenvalue weighted by molar-refractivity contribution is 5.41. The highest BCUT2D eigenvalue weighted by Gasteiger charge is 2.31. The van der Waals surface area contributed by atoms with E-state index in [1.807, 2.05) is 0 Å². The topological polar surface area (TPSA) is 20.2 Å². The van der Waals surface area contributed by atoms with Gasteiger partial charge in [0.05, 0.1) is 6.10 Å². The summed E-state index contributed by atoms with van der Waals surface area (Å²) in [4.78, 5) is 0. The van der Waals surface area contributed by atoms with Crippen LogP contribution in [0.25, 0.3) is 0 Å². The summed E-state index contributed by atoms with van der Waals surface area (Å²) >= 11 is 0. The lowest BCUT2D eigenvalue weighted by Gasteiger charge is -2.10. The van der Waals surface area contributed by atoms with Crippen LogP contribution in [0.1, 0.15) is 36.0 Å². The highest BCUT2D eigenvalue weighted by atomic mass is 19.3. The minimum atomic E-state index is -2.67. The van der Waals surface area contributed by atoms with Crippen molar-refractivity contribution in [1.29, 1.82) is 0 Å². The Morgan fingerprint density at radius 2 is 2.07 bits per heavy atom. The van der Waals surface area contributed by atoms with Gasteiger partial charge < -0.3 is 5.11 Å². The molecule has 0 bridgehead atoms. The highest BCUT2D eigenvalue weighted by Crippen LogP contribution is 2.37. The SMILES string of the molecule is C[C@@H]1c2c(F)cc(C(F)F)cc2C[C@@H]1O. The second-order valence-corrected chi connectivity index (χ2v) is 3.94. The number of alkyl halides is 2. The summed E-state index contributed by atoms with van der Waals surface area (Å²) in [5.74, 6) is -0.946. The van der Waals surface area contributed by atoms with Crippen LogP contribution in [0.3, 0.4) is 0 Å². The van der Waals surface area contributed by atoms with E-state index in [2.05, 4.69) is 0 Å². The van der Waals surface area contributed by atoms with Gasteiger partial charge >= 0.3 is 0 Å². The summed E-state index contributed by atoms with van der Waals surface area (Å²) < 4.78 is 38.3. The number of rotatable bonds is 1. The maximum absolute atomic E-state index is 13.5. The third-order valence-corrected chi connectivity index (χ3v) is 2.95. The van der Waals surface area contributed by atoms with E-state index in [1.54, 1.807) is 6.92 Å². The molecule has 2 rings (SSSR count). The first kappa shape index (κ1) is 10.5. The summed E-state index contributed by atoms with van der Waals surface area (Å²) in [6.45, 7) is 1.70. The number of aliphatic hydroxyl groups excluding tert-OH is 1. The third-order valence-electron chi connectivity index (χ3n) is 2.95. The van der Waals surface area contributed by atoms with Gasteiger partial charge in [-0.2, -0.15) is 0 Å². The van der Waals surface area contributed by atoms with Crippen molar-refractivity contribution in [2.24, 2.45) is 0 Å². The Bertz CT molecular complexity index is 390. The molecule has 0 saturated heterocycles. The Hall–Kier alpha value is -1.03. The average Bonchev–Trinajstić information content (AvgIpc) is 2.42. The van der Waals surface area contributed by atoms with Crippen molar-refractivity contribution in [3.8, 4) is 0 Å². The first-order valence-corrected chi connectivity index (χ1v) is 4.79. The molecule has 0 saturated carbocycles. The fraction of sp³-hybridized carbons (Fsp3) is 0.455. The molecular weight excluding hydrogens is 205 g/mol. The lowest BCUT2D eigenvalue weighted by Crippen LogP contribution is -2.09. The van der Waals surface area contributed by atoms with Crippen molar-refractivity contribution in [1.82, 2.24) is 0 Å². The molecule has 15 heavy (non-hydrogen) atoms. The maximum atomic E-state index is 13.5. The van der Waals surface area contributed by atoms with Crippen molar-refractivity contribution in [3.05, 3.63) is 34.6 Å². The molecule has 4 heteroatoms. The zero-order valence-corrected chi connectivity index (χ0v) is 8.17. The number of hydrogen-bond donors (Lipinski definition) is 1. The molecule has 1 aromatic rings. The molecule has 2 atom stereocenters. The van der Waals surface area contributed by atoms with Crippen LogP contribution in [-0.2, 0) is 6.42 Å². The van der Waals surface area contributed by atoms with Gasteiger partial charge in [-0.1, -0.05) is 6.92 Å². The molecule has 0 aromatic heterocycles. The van der Waals surface area contributed by atoms with Gasteiger partial charge in [-0.05, 0) is 29.7 Å². The van der Waals surface area contributed by atoms with E-state index >= 15 is 0 Å². The Morgan fingerprint density at radius 1 is 1.40 bits per heavy atom. The maximum Gasteiger partial charge on any atom is 0.263 e. The predicted octanol–water partition coefficient (Wildman–Crippen LogP) is 2.78. The normalized spacial score (nSPS) is 24.7. The zero-order valence-electron chi connectivity index (χ0n) is 8.17. The molecule has 0 amide bonds. The Morgan fingerprint density at radius 3 is 2.67 bits per heavy atom. The molecule has 0 heterocycles. The smallest absolute Gasteiger partial charge is 0.263 e. The van der Waals surface area contributed by atoms with Gasteiger partial charge in [-0.3, -0.25) is 0 Å². The fourth-order valence-electron chi connectivity index (χ4n) is 2.10. The van der Waals surface area contributed by atoms with Crippen LogP contribution in [0.5, 0.6) is 0 Å². The van der Waals surface area contributed by atoms with Gasteiger partial charge in [0.15, 0.2) is 0 Å². The van der Waals surface area contributed by atoms with E-state index in [1.165, 1.54) is 6.07 Å². The summed E-state index contributed by atoms with van der Waals surface area (Å²) in [6.07, 6.45) is -3.08. The third kappa shape index (κ3) is 1.63. The second kappa shape index (κ2) is 3.52. The predicted molar refractivity (Wildman–Crippen MR) is 49.5 cm³/mol. The van der Waals surface area contributed by atoms with Gasteiger partial charge in [0, 0.05) is 11.5 Å². The fourth-order valence-corrected chi connectivity index (χ4v) is 2.10. The molecule has 1 aliphatic rings. The van der Waals surface area contributed by atoms with Crippen molar-refractivity contribution in [2.75, 3.05) is 0 Å². The average molecular weight is 216 g/mol. The Balaban J connectivity index is 2.51. The molecule has 0 aliphatic heterocycles. The van der Waals surface area contributed by atoms with E-state index in [0.717, 1.165) is 6.07 Å². The summed E-state index contributed by atoms with van der Waals surface area (Å²) in [5.41, 5.74) is 0.574. The van der Waals surface area contributed by atoms with Crippen molar-refractivity contribution in [2.45, 2.75) is 31.8 Å². The van der Waals surface area contributed by atoms with Gasteiger partial charge in [-0.15, -0.1) is 0 Å². The number of benzene rings is 1. The number of fused-ring (bicyclic) bond motifs is 1. The van der Waals surface area contributed by atoms with Crippen LogP contribution >= 0.6 is 0 Å². The summed E-state index contributed by atoms with van der Waals surface area (Å²) in [7, 11) is 0. The molecule has 82 valence electrons. The van der Waals surface area contributed by atoms with Crippen LogP contribution in [0.4, 0.5) is 13.2 Å². The van der Waals surface area contributed by atoms with Crippen LogP contribution in [0.2, 0.25) is 0 Å². The van der Waals surface area contributed by atoms with E-state index in [-0.39, 0.29) is 17.9 Å². The van der Waals surface area contributed by atoms with E-state index in [0.29, 0.717) is 11.1 Å². The number of hydrogen-bond acceptors (Lipinski definition) is 1. The van der Waals surface area contributed by atoms with Crippen LogP contribution < -0.4 is 0 Å². The molecule has 1 nitrogen and oxygen atoms in total. The van der Waals surface area contributed by atoms with E-state index in [4.69, 9.17) is 0 Å². The molecule has 0 spiro atoms. The molecule has 1 N–H and O–H groups in total. The lowest BCUT2D eigenvalue weighted by atomic mass is 10.00. The Labute approximate surface area is 85.5 Å². The minimum Gasteiger partial charge on any atom is -0.392 e. The molecular formula is C11H11F3O. The van der Waals surface area contributed by atoms with Crippen molar-refractivity contribution >= 4 is 0 Å². The largest absolute Gasteiger partial charge is 0.392 e. The zero-order chi connectivity index (χ0) is 11.2. The van der Waals surface area contributed by atoms with Crippen LogP contribution in [-0.4, -0.2) is 11.2 Å². The first-order valence-electron chi connectivity index (χ1n) is 4.79. The van der Waals surface area contributed by atoms with Gasteiger partial charge in [0.1, 0.15) is 5.82 Å². The second-order valence-electron chi connectivity index (χ2n) is 3.94. The standard InChI is InChI=1S/C11H11F3O/c1-5-9(15)4-6-2-7(11(13)14)3-8(12)10(5)6/h2-3,5,9,11,15H,4H2,1H3/t5-,9-/m0/s1.